The van der Waals surface area contributed by atoms with Crippen LogP contribution in [0.1, 0.15) is 20.8 Å². The van der Waals surface area contributed by atoms with E-state index in [9.17, 15) is 0 Å². The molecule has 12 heavy (non-hydrogen) atoms. The summed E-state index contributed by atoms with van der Waals surface area (Å²) in [7, 11) is 0. The molecule has 2 rings (SSSR count). The van der Waals surface area contributed by atoms with Crippen molar-refractivity contribution in [3.63, 3.8) is 0 Å². The van der Waals surface area contributed by atoms with E-state index >= 15 is 0 Å². The van der Waals surface area contributed by atoms with Crippen LogP contribution in [0.4, 0.5) is 0 Å². The topological polar surface area (TPSA) is 27.6 Å². The monoisotopic (exact) mass is 165 g/mol. The Balaban J connectivity index is 0.000000336. The first-order chi connectivity index (χ1) is 5.88. The maximum absolute atomic E-state index is 4.07. The van der Waals surface area contributed by atoms with Crippen molar-refractivity contribution in [1.82, 2.24) is 10.3 Å². The number of hydrogen-bond donors (Lipinski definition) is 1. The number of fused-ring (bicyclic) bond motifs is 1. The lowest BCUT2D eigenvalue weighted by Gasteiger charge is -2.20. The normalized spacial score (nSPS) is 23.8. The number of allylic oxidation sites excluding steroid dienone is 2. The van der Waals surface area contributed by atoms with Crippen LogP contribution in [0.15, 0.2) is 29.5 Å². The van der Waals surface area contributed by atoms with Gasteiger partial charge in [-0.15, -0.1) is 0 Å². The Labute approximate surface area is 73.4 Å². The number of nitrogens with zero attached hydrogens (tertiary/aromatic N) is 2. The summed E-state index contributed by atoms with van der Waals surface area (Å²) in [6.45, 7) is 5.98. The summed E-state index contributed by atoms with van der Waals surface area (Å²) in [6.07, 6.45) is 8.36. The maximum Gasteiger partial charge on any atom is 0.139 e. The summed E-state index contributed by atoms with van der Waals surface area (Å²) >= 11 is 0. The maximum atomic E-state index is 4.07. The standard InChI is InChI=1S/C7H9N3.C2H6/c1-6-8-9-7-4-2-3-5-10(6)7;1-2/h2-5,7,9H,1H3;1-2H3. The average molecular weight is 165 g/mol. The van der Waals surface area contributed by atoms with E-state index in [0.29, 0.717) is 0 Å². The quantitative estimate of drug-likeness (QED) is 0.591. The molecule has 0 saturated carbocycles. The minimum Gasteiger partial charge on any atom is -0.309 e. The first-order valence-corrected chi connectivity index (χ1v) is 4.31. The molecule has 3 heteroatoms. The Kier molecular flexibility index (Phi) is 2.91. The molecule has 0 bridgehead atoms. The van der Waals surface area contributed by atoms with Gasteiger partial charge in [-0.2, -0.15) is 5.10 Å². The molecule has 0 aromatic heterocycles. The minimum atomic E-state index is 0.255. The SMILES string of the molecule is CC.CC1=NNC2C=CC=CN12. The second kappa shape index (κ2) is 3.95. The number of hydrazone groups is 1. The van der Waals surface area contributed by atoms with Gasteiger partial charge in [-0.05, 0) is 19.1 Å². The lowest BCUT2D eigenvalue weighted by molar-refractivity contribution is 0.443. The van der Waals surface area contributed by atoms with E-state index in [4.69, 9.17) is 0 Å². The van der Waals surface area contributed by atoms with Gasteiger partial charge in [0.2, 0.25) is 0 Å². The third kappa shape index (κ3) is 1.49. The molecule has 3 nitrogen and oxygen atoms in total. The van der Waals surface area contributed by atoms with Gasteiger partial charge in [0.25, 0.3) is 0 Å². The van der Waals surface area contributed by atoms with Crippen molar-refractivity contribution >= 4 is 5.84 Å². The molecule has 0 fully saturated rings. The Bertz CT molecular complexity index is 228. The van der Waals surface area contributed by atoms with Crippen LogP contribution in [0.25, 0.3) is 0 Å². The summed E-state index contributed by atoms with van der Waals surface area (Å²) < 4.78 is 0. The lowest BCUT2D eigenvalue weighted by Crippen LogP contribution is -2.34. The molecular formula is C9H15N3. The first-order valence-electron chi connectivity index (χ1n) is 4.31. The van der Waals surface area contributed by atoms with E-state index < -0.39 is 0 Å². The fourth-order valence-electron chi connectivity index (χ4n) is 1.13. The van der Waals surface area contributed by atoms with Crippen LogP contribution in [0.3, 0.4) is 0 Å². The Morgan fingerprint density at radius 3 is 2.83 bits per heavy atom. The molecular weight excluding hydrogens is 150 g/mol. The zero-order chi connectivity index (χ0) is 8.97. The van der Waals surface area contributed by atoms with E-state index in [2.05, 4.69) is 21.5 Å². The second-order valence-corrected chi connectivity index (χ2v) is 2.37. The first kappa shape index (κ1) is 8.84. The highest BCUT2D eigenvalue weighted by Crippen LogP contribution is 2.11. The van der Waals surface area contributed by atoms with Crippen LogP contribution in [-0.4, -0.2) is 16.9 Å². The molecule has 0 aromatic carbocycles. The third-order valence-corrected chi connectivity index (χ3v) is 1.68. The second-order valence-electron chi connectivity index (χ2n) is 2.37. The van der Waals surface area contributed by atoms with Crippen molar-refractivity contribution in [3.05, 3.63) is 24.4 Å². The molecule has 0 aliphatic carbocycles. The molecule has 1 N–H and O–H groups in total. The van der Waals surface area contributed by atoms with E-state index in [1.807, 2.05) is 39.1 Å². The molecule has 2 aliphatic heterocycles. The van der Waals surface area contributed by atoms with Crippen LogP contribution in [0, 0.1) is 0 Å². The highest BCUT2D eigenvalue weighted by Gasteiger charge is 2.20. The van der Waals surface area contributed by atoms with Crippen LogP contribution < -0.4 is 5.43 Å². The average Bonchev–Trinajstić information content (AvgIpc) is 2.53. The summed E-state index contributed by atoms with van der Waals surface area (Å²) in [5.74, 6) is 1.02. The number of hydrogen-bond acceptors (Lipinski definition) is 3. The number of nitrogens with one attached hydrogen (secondary N) is 1. The van der Waals surface area contributed by atoms with Crippen molar-refractivity contribution in [2.24, 2.45) is 5.10 Å². The van der Waals surface area contributed by atoms with Gasteiger partial charge in [0.05, 0.1) is 0 Å². The number of amidine groups is 1. The predicted molar refractivity (Wildman–Crippen MR) is 51.5 cm³/mol. The third-order valence-electron chi connectivity index (χ3n) is 1.68. The fraction of sp³-hybridized carbons (Fsp3) is 0.444. The summed E-state index contributed by atoms with van der Waals surface area (Å²) in [4.78, 5) is 2.08. The fourth-order valence-corrected chi connectivity index (χ4v) is 1.13. The lowest BCUT2D eigenvalue weighted by atomic mass is 10.3. The van der Waals surface area contributed by atoms with Gasteiger partial charge in [0.1, 0.15) is 12.0 Å². The molecule has 1 unspecified atom stereocenters. The molecule has 2 aliphatic rings. The highest BCUT2D eigenvalue weighted by atomic mass is 15.5. The molecule has 0 saturated heterocycles. The van der Waals surface area contributed by atoms with Crippen LogP contribution in [0.2, 0.25) is 0 Å². The van der Waals surface area contributed by atoms with Crippen molar-refractivity contribution < 1.29 is 0 Å². The molecule has 0 aromatic rings. The summed E-state index contributed by atoms with van der Waals surface area (Å²) in [5, 5.41) is 4.07. The Morgan fingerprint density at radius 1 is 1.42 bits per heavy atom. The van der Waals surface area contributed by atoms with Gasteiger partial charge in [-0.1, -0.05) is 19.9 Å². The summed E-state index contributed by atoms with van der Waals surface area (Å²) in [5.41, 5.74) is 2.98. The predicted octanol–water partition coefficient (Wildman–Crippen LogP) is 1.66. The minimum absolute atomic E-state index is 0.255. The molecule has 0 radical (unpaired) electrons. The Hall–Kier alpha value is -1.25. The van der Waals surface area contributed by atoms with Crippen molar-refractivity contribution in [2.75, 3.05) is 0 Å². The van der Waals surface area contributed by atoms with Crippen LogP contribution >= 0.6 is 0 Å². The molecule has 66 valence electrons. The van der Waals surface area contributed by atoms with Crippen molar-refractivity contribution in [1.29, 1.82) is 0 Å². The van der Waals surface area contributed by atoms with Gasteiger partial charge < -0.3 is 4.90 Å². The van der Waals surface area contributed by atoms with E-state index in [1.165, 1.54) is 0 Å². The van der Waals surface area contributed by atoms with Gasteiger partial charge >= 0.3 is 0 Å². The van der Waals surface area contributed by atoms with Crippen LogP contribution in [0.5, 0.6) is 0 Å². The van der Waals surface area contributed by atoms with Crippen molar-refractivity contribution in [3.8, 4) is 0 Å². The zero-order valence-corrected chi connectivity index (χ0v) is 7.78. The summed E-state index contributed by atoms with van der Waals surface area (Å²) in [6, 6.07) is 0. The molecule has 2 heterocycles. The van der Waals surface area contributed by atoms with Gasteiger partial charge in [0, 0.05) is 6.20 Å². The molecule has 1 atom stereocenters. The highest BCUT2D eigenvalue weighted by molar-refractivity contribution is 5.82. The van der Waals surface area contributed by atoms with Gasteiger partial charge in [-0.3, -0.25) is 5.43 Å². The smallest absolute Gasteiger partial charge is 0.139 e. The van der Waals surface area contributed by atoms with Gasteiger partial charge in [-0.25, -0.2) is 0 Å². The zero-order valence-electron chi connectivity index (χ0n) is 7.78. The molecule has 0 amide bonds. The molecule has 0 spiro atoms. The van der Waals surface area contributed by atoms with E-state index in [-0.39, 0.29) is 6.17 Å². The Morgan fingerprint density at radius 2 is 2.17 bits per heavy atom. The van der Waals surface area contributed by atoms with E-state index in [0.717, 1.165) is 5.84 Å². The van der Waals surface area contributed by atoms with Crippen LogP contribution in [-0.2, 0) is 0 Å². The van der Waals surface area contributed by atoms with Crippen molar-refractivity contribution in [2.45, 2.75) is 26.9 Å². The number of rotatable bonds is 0. The largest absolute Gasteiger partial charge is 0.309 e. The van der Waals surface area contributed by atoms with E-state index in [1.54, 1.807) is 0 Å². The van der Waals surface area contributed by atoms with Gasteiger partial charge in [0.15, 0.2) is 0 Å².